The number of carbonyl (C=O) groups is 1. The number of carbonyl (C=O) groups excluding carboxylic acids is 1. The zero-order valence-electron chi connectivity index (χ0n) is 25.1. The molecule has 226 valence electrons. The van der Waals surface area contributed by atoms with Crippen molar-refractivity contribution in [3.63, 3.8) is 0 Å². The first-order chi connectivity index (χ1) is 19.2. The van der Waals surface area contributed by atoms with Crippen LogP contribution in [0.25, 0.3) is 0 Å². The van der Waals surface area contributed by atoms with Gasteiger partial charge in [-0.25, -0.2) is 14.4 Å². The molecular formula is C31H43F4N5O. The van der Waals surface area contributed by atoms with Crippen LogP contribution in [0, 0.1) is 18.7 Å². The molecule has 1 amide bonds. The van der Waals surface area contributed by atoms with Crippen LogP contribution in [-0.2, 0) is 6.18 Å². The Hall–Kier alpha value is -2.98. The third-order valence-corrected chi connectivity index (χ3v) is 8.46. The van der Waals surface area contributed by atoms with Crippen LogP contribution in [0.5, 0.6) is 0 Å². The number of benzene rings is 2. The van der Waals surface area contributed by atoms with Crippen LogP contribution < -0.4 is 10.6 Å². The van der Waals surface area contributed by atoms with Gasteiger partial charge in [-0.15, -0.1) is 0 Å². The van der Waals surface area contributed by atoms with E-state index in [1.807, 2.05) is 13.1 Å². The van der Waals surface area contributed by atoms with Gasteiger partial charge in [0.15, 0.2) is 5.96 Å². The fourth-order valence-corrected chi connectivity index (χ4v) is 5.06. The Morgan fingerprint density at radius 3 is 2.27 bits per heavy atom. The quantitative estimate of drug-likeness (QED) is 0.190. The maximum atomic E-state index is 14.7. The van der Waals surface area contributed by atoms with Crippen LogP contribution in [0.3, 0.4) is 0 Å². The summed E-state index contributed by atoms with van der Waals surface area (Å²) in [5.74, 6) is -0.302. The molecule has 1 aliphatic rings. The summed E-state index contributed by atoms with van der Waals surface area (Å²) in [5.41, 5.74) is 0.507. The van der Waals surface area contributed by atoms with Crippen LogP contribution in [-0.4, -0.2) is 47.2 Å². The highest BCUT2D eigenvalue weighted by Gasteiger charge is 2.46. The van der Waals surface area contributed by atoms with E-state index >= 15 is 0 Å². The number of amides is 1. The van der Waals surface area contributed by atoms with Crippen molar-refractivity contribution in [1.29, 1.82) is 0 Å². The highest BCUT2D eigenvalue weighted by Crippen LogP contribution is 2.42. The first-order valence-corrected chi connectivity index (χ1v) is 14.3. The number of alkyl halides is 3. The third kappa shape index (κ3) is 7.65. The SMILES string of the molecule is CCC(C)CN=C(NC(=O)c1ccc(C(F)(F)F)cc1)NC1CC(c2ccc(C)c(F)c2)N(C(C)(CC)CC)N1C. The van der Waals surface area contributed by atoms with Gasteiger partial charge < -0.3 is 5.32 Å². The molecule has 2 N–H and O–H groups in total. The van der Waals surface area contributed by atoms with Gasteiger partial charge in [-0.2, -0.15) is 13.2 Å². The van der Waals surface area contributed by atoms with E-state index in [1.54, 1.807) is 19.1 Å². The van der Waals surface area contributed by atoms with E-state index in [-0.39, 0.29) is 41.0 Å². The normalized spacial score (nSPS) is 19.8. The minimum absolute atomic E-state index is 0.0926. The largest absolute Gasteiger partial charge is 0.416 e. The number of aryl methyl sites for hydroxylation is 1. The molecule has 3 unspecified atom stereocenters. The molecule has 10 heteroatoms. The Morgan fingerprint density at radius 1 is 1.10 bits per heavy atom. The van der Waals surface area contributed by atoms with Gasteiger partial charge in [0, 0.05) is 31.1 Å². The predicted molar refractivity (Wildman–Crippen MR) is 155 cm³/mol. The molecule has 1 aliphatic heterocycles. The average molecular weight is 578 g/mol. The second-order valence-electron chi connectivity index (χ2n) is 11.3. The molecule has 1 heterocycles. The maximum Gasteiger partial charge on any atom is 0.416 e. The maximum absolute atomic E-state index is 14.7. The monoisotopic (exact) mass is 577 g/mol. The number of rotatable bonds is 9. The zero-order valence-corrected chi connectivity index (χ0v) is 25.1. The predicted octanol–water partition coefficient (Wildman–Crippen LogP) is 7.07. The molecule has 0 spiro atoms. The highest BCUT2D eigenvalue weighted by molar-refractivity contribution is 6.05. The van der Waals surface area contributed by atoms with E-state index in [0.29, 0.717) is 18.5 Å². The lowest BCUT2D eigenvalue weighted by atomic mass is 9.91. The van der Waals surface area contributed by atoms with Crippen LogP contribution >= 0.6 is 0 Å². The fourth-order valence-electron chi connectivity index (χ4n) is 5.06. The summed E-state index contributed by atoms with van der Waals surface area (Å²) >= 11 is 0. The molecular weight excluding hydrogens is 534 g/mol. The summed E-state index contributed by atoms with van der Waals surface area (Å²) in [6.45, 7) is 12.8. The van der Waals surface area contributed by atoms with Crippen molar-refractivity contribution in [3.05, 3.63) is 70.5 Å². The minimum atomic E-state index is -4.49. The summed E-state index contributed by atoms with van der Waals surface area (Å²) < 4.78 is 53.7. The van der Waals surface area contributed by atoms with Gasteiger partial charge in [0.25, 0.3) is 5.91 Å². The summed E-state index contributed by atoms with van der Waals surface area (Å²) in [5, 5.41) is 10.6. The summed E-state index contributed by atoms with van der Waals surface area (Å²) in [4.78, 5) is 17.7. The number of nitrogens with one attached hydrogen (secondary N) is 2. The molecule has 0 aromatic heterocycles. The fraction of sp³-hybridized carbons (Fsp3) is 0.548. The molecule has 1 fully saturated rings. The van der Waals surface area contributed by atoms with Crippen LogP contribution in [0.15, 0.2) is 47.5 Å². The van der Waals surface area contributed by atoms with Gasteiger partial charge in [0.2, 0.25) is 0 Å². The number of nitrogens with zero attached hydrogens (tertiary/aromatic N) is 3. The third-order valence-electron chi connectivity index (χ3n) is 8.46. The zero-order chi connectivity index (χ0) is 30.5. The second kappa shape index (κ2) is 13.3. The standard InChI is InChI=1S/C31H43F4N5O/c1-8-20(4)19-36-29(38-28(41)22-13-15-24(16-14-22)31(33,34)35)37-27-18-26(23-12-11-21(5)25(32)17-23)40(39(27)7)30(6,9-2)10-3/h11-17,20,26-27H,8-10,18-19H2,1-7H3,(H2,36,37,38,41). The summed E-state index contributed by atoms with van der Waals surface area (Å²) in [6, 6.07) is 9.32. The van der Waals surface area contributed by atoms with E-state index < -0.39 is 17.6 Å². The van der Waals surface area contributed by atoms with Gasteiger partial charge in [-0.05, 0) is 74.1 Å². The van der Waals surface area contributed by atoms with Crippen molar-refractivity contribution in [2.75, 3.05) is 13.6 Å². The van der Waals surface area contributed by atoms with Crippen LogP contribution in [0.4, 0.5) is 17.6 Å². The van der Waals surface area contributed by atoms with Crippen LogP contribution in [0.1, 0.15) is 93.4 Å². The molecule has 1 saturated heterocycles. The van der Waals surface area contributed by atoms with Gasteiger partial charge >= 0.3 is 6.18 Å². The van der Waals surface area contributed by atoms with Crippen LogP contribution in [0.2, 0.25) is 0 Å². The van der Waals surface area contributed by atoms with E-state index in [2.05, 4.69) is 60.3 Å². The topological polar surface area (TPSA) is 60.0 Å². The smallest absolute Gasteiger partial charge is 0.339 e. The Morgan fingerprint density at radius 2 is 1.73 bits per heavy atom. The van der Waals surface area contributed by atoms with E-state index in [0.717, 1.165) is 49.1 Å². The molecule has 3 atom stereocenters. The Kier molecular flexibility index (Phi) is 10.6. The second-order valence-corrected chi connectivity index (χ2v) is 11.3. The molecule has 0 radical (unpaired) electrons. The molecule has 2 aromatic rings. The lowest BCUT2D eigenvalue weighted by Crippen LogP contribution is -2.57. The molecule has 0 saturated carbocycles. The molecule has 3 rings (SSSR count). The number of hydrogen-bond acceptors (Lipinski definition) is 4. The van der Waals surface area contributed by atoms with Crippen molar-refractivity contribution in [2.24, 2.45) is 10.9 Å². The first kappa shape index (κ1) is 32.5. The minimum Gasteiger partial charge on any atom is -0.339 e. The van der Waals surface area contributed by atoms with Gasteiger partial charge in [0.1, 0.15) is 5.82 Å². The number of guanidine groups is 1. The number of hydrazine groups is 1. The Bertz CT molecular complexity index is 1210. The van der Waals surface area contributed by atoms with Crippen molar-refractivity contribution >= 4 is 11.9 Å². The summed E-state index contributed by atoms with van der Waals surface area (Å²) in [7, 11) is 1.97. The average Bonchev–Trinajstić information content (AvgIpc) is 3.28. The van der Waals surface area contributed by atoms with E-state index in [9.17, 15) is 22.4 Å². The lowest BCUT2D eigenvalue weighted by molar-refractivity contribution is -0.137. The van der Waals surface area contributed by atoms with Gasteiger partial charge in [-0.3, -0.25) is 15.1 Å². The number of halogens is 4. The Labute approximate surface area is 241 Å². The molecule has 0 aliphatic carbocycles. The summed E-state index contributed by atoms with van der Waals surface area (Å²) in [6.07, 6.45) is -1.55. The first-order valence-electron chi connectivity index (χ1n) is 14.3. The van der Waals surface area contributed by atoms with E-state index in [4.69, 9.17) is 0 Å². The number of aliphatic imine (C=N–C) groups is 1. The highest BCUT2D eigenvalue weighted by atomic mass is 19.4. The van der Waals surface area contributed by atoms with Crippen molar-refractivity contribution < 1.29 is 22.4 Å². The molecule has 6 nitrogen and oxygen atoms in total. The lowest BCUT2D eigenvalue weighted by Gasteiger charge is -2.45. The Balaban J connectivity index is 1.91. The van der Waals surface area contributed by atoms with Gasteiger partial charge in [-0.1, -0.05) is 46.2 Å². The van der Waals surface area contributed by atoms with Crippen molar-refractivity contribution in [2.45, 2.75) is 91.1 Å². The molecule has 41 heavy (non-hydrogen) atoms. The number of hydrogen-bond donors (Lipinski definition) is 2. The molecule has 0 bridgehead atoms. The van der Waals surface area contributed by atoms with Crippen molar-refractivity contribution in [3.8, 4) is 0 Å². The van der Waals surface area contributed by atoms with Crippen molar-refractivity contribution in [1.82, 2.24) is 20.7 Å². The molecule has 2 aromatic carbocycles. The van der Waals surface area contributed by atoms with Gasteiger partial charge in [0.05, 0.1) is 17.8 Å². The van der Waals surface area contributed by atoms with E-state index in [1.165, 1.54) is 0 Å².